The second-order valence-corrected chi connectivity index (χ2v) is 6.69. The van der Waals surface area contributed by atoms with Gasteiger partial charge in [-0.2, -0.15) is 13.2 Å². The lowest BCUT2D eigenvalue weighted by molar-refractivity contribution is -0.137. The van der Waals surface area contributed by atoms with Crippen LogP contribution in [0.15, 0.2) is 63.1 Å². The molecule has 0 spiro atoms. The van der Waals surface area contributed by atoms with Crippen LogP contribution in [0.3, 0.4) is 0 Å². The number of hydrogen-bond donors (Lipinski definition) is 1. The first-order valence-electron chi connectivity index (χ1n) is 6.76. The molecule has 1 aromatic heterocycles. The van der Waals surface area contributed by atoms with Gasteiger partial charge in [0.15, 0.2) is 9.79 Å². The maximum absolute atomic E-state index is 12.9. The number of anilines is 2. The topological polar surface area (TPSA) is 74.0 Å². The first kappa shape index (κ1) is 17.6. The molecule has 2 aromatic carbocycles. The monoisotopic (exact) mass is 387 g/mol. The predicted octanol–water partition coefficient (Wildman–Crippen LogP) is 4.65. The predicted molar refractivity (Wildman–Crippen MR) is 85.2 cm³/mol. The van der Waals surface area contributed by atoms with Gasteiger partial charge < -0.3 is 14.3 Å². The highest BCUT2D eigenvalue weighted by molar-refractivity contribution is 7.91. The summed E-state index contributed by atoms with van der Waals surface area (Å²) >= 11 is 3.79. The fraction of sp³-hybridized carbons (Fsp3) is 0.0667. The van der Waals surface area contributed by atoms with Gasteiger partial charge in [-0.05, 0) is 36.4 Å². The van der Waals surface area contributed by atoms with Crippen LogP contribution in [0.1, 0.15) is 5.56 Å². The summed E-state index contributed by atoms with van der Waals surface area (Å²) in [5, 5.41) is 9.54. The fourth-order valence-electron chi connectivity index (χ4n) is 1.99. The number of nitrogens with zero attached hydrogens (tertiary/aromatic N) is 2. The molecule has 5 nitrogen and oxygen atoms in total. The van der Waals surface area contributed by atoms with E-state index in [1.54, 1.807) is 12.1 Å². The zero-order valence-corrected chi connectivity index (χ0v) is 13.8. The molecule has 0 saturated carbocycles. The summed E-state index contributed by atoms with van der Waals surface area (Å²) in [5.74, 6) is 0. The average molecular weight is 388 g/mol. The molecule has 0 amide bonds. The normalized spacial score (nSPS) is 12.8. The molecule has 1 heterocycles. The van der Waals surface area contributed by atoms with Gasteiger partial charge >= 0.3 is 12.2 Å². The standard InChI is InChI=1S/C15H9ClF3N3O2S/c16-13-6-5-11(7-12(13)15(17,18)19)25(23)10-3-1-9(2-4-10)21-14-22-20-8-24-14/h1-8H,(H,21,22). The molecule has 130 valence electrons. The minimum atomic E-state index is -4.62. The van der Waals surface area contributed by atoms with E-state index in [1.807, 2.05) is 0 Å². The number of hydrogen-bond acceptors (Lipinski definition) is 5. The molecule has 3 rings (SSSR count). The molecule has 1 atom stereocenters. The van der Waals surface area contributed by atoms with E-state index in [0.29, 0.717) is 10.6 Å². The van der Waals surface area contributed by atoms with E-state index >= 15 is 0 Å². The largest absolute Gasteiger partial charge is 0.606 e. The number of halogens is 4. The van der Waals surface area contributed by atoms with Crippen LogP contribution in [0.25, 0.3) is 0 Å². The Morgan fingerprint density at radius 3 is 2.36 bits per heavy atom. The Hall–Kier alpha value is -2.23. The lowest BCUT2D eigenvalue weighted by atomic mass is 10.2. The number of alkyl halides is 3. The van der Waals surface area contributed by atoms with Crippen LogP contribution < -0.4 is 5.32 Å². The number of rotatable bonds is 4. The second kappa shape index (κ2) is 6.95. The highest BCUT2D eigenvalue weighted by Crippen LogP contribution is 2.37. The second-order valence-electron chi connectivity index (χ2n) is 4.80. The third-order valence-electron chi connectivity index (χ3n) is 3.14. The Morgan fingerprint density at radius 1 is 1.08 bits per heavy atom. The van der Waals surface area contributed by atoms with Gasteiger partial charge in [-0.25, -0.2) is 0 Å². The molecule has 0 aliphatic rings. The van der Waals surface area contributed by atoms with Crippen LogP contribution in [-0.2, 0) is 17.4 Å². The first-order valence-corrected chi connectivity index (χ1v) is 8.29. The van der Waals surface area contributed by atoms with Crippen molar-refractivity contribution in [1.82, 2.24) is 10.2 Å². The highest BCUT2D eigenvalue weighted by atomic mass is 35.5. The summed E-state index contributed by atoms with van der Waals surface area (Å²) < 4.78 is 56.2. The molecule has 0 radical (unpaired) electrons. The molecule has 3 aromatic rings. The van der Waals surface area contributed by atoms with Crippen molar-refractivity contribution >= 4 is 34.5 Å². The molecule has 25 heavy (non-hydrogen) atoms. The first-order chi connectivity index (χ1) is 11.8. The Morgan fingerprint density at radius 2 is 1.76 bits per heavy atom. The van der Waals surface area contributed by atoms with Gasteiger partial charge in [0.25, 0.3) is 0 Å². The van der Waals surface area contributed by atoms with Crippen molar-refractivity contribution in [1.29, 1.82) is 0 Å². The minimum Gasteiger partial charge on any atom is -0.606 e. The third kappa shape index (κ3) is 4.06. The molecule has 0 bridgehead atoms. The van der Waals surface area contributed by atoms with Crippen LogP contribution >= 0.6 is 11.6 Å². The van der Waals surface area contributed by atoms with Crippen molar-refractivity contribution in [3.63, 3.8) is 0 Å². The number of nitrogens with one attached hydrogen (secondary N) is 1. The Bertz CT molecular complexity index is 857. The Balaban J connectivity index is 1.82. The van der Waals surface area contributed by atoms with E-state index < -0.39 is 27.9 Å². The number of aromatic nitrogens is 2. The quantitative estimate of drug-likeness (QED) is 0.659. The lowest BCUT2D eigenvalue weighted by Crippen LogP contribution is -2.09. The minimum absolute atomic E-state index is 0.00864. The summed E-state index contributed by atoms with van der Waals surface area (Å²) in [6, 6.07) is 9.61. The summed E-state index contributed by atoms with van der Waals surface area (Å²) in [5.41, 5.74) is -0.424. The number of benzene rings is 2. The molecule has 0 aliphatic heterocycles. The summed E-state index contributed by atoms with van der Waals surface area (Å²) in [6.45, 7) is 0. The smallest absolute Gasteiger partial charge is 0.418 e. The highest BCUT2D eigenvalue weighted by Gasteiger charge is 2.34. The molecule has 1 N–H and O–H groups in total. The average Bonchev–Trinajstić information content (AvgIpc) is 3.07. The van der Waals surface area contributed by atoms with Crippen molar-refractivity contribution in [3.8, 4) is 0 Å². The van der Waals surface area contributed by atoms with Gasteiger partial charge in [0.2, 0.25) is 6.39 Å². The fourth-order valence-corrected chi connectivity index (χ4v) is 3.28. The maximum atomic E-state index is 12.9. The molecule has 0 aliphatic carbocycles. The summed E-state index contributed by atoms with van der Waals surface area (Å²) in [6.07, 6.45) is -3.46. The van der Waals surface area contributed by atoms with Gasteiger partial charge in [-0.3, -0.25) is 0 Å². The lowest BCUT2D eigenvalue weighted by Gasteiger charge is -2.14. The van der Waals surface area contributed by atoms with Crippen molar-refractivity contribution in [2.75, 3.05) is 5.32 Å². The van der Waals surface area contributed by atoms with Crippen molar-refractivity contribution < 1.29 is 22.1 Å². The summed E-state index contributed by atoms with van der Waals surface area (Å²) in [4.78, 5) is 0.348. The van der Waals surface area contributed by atoms with Gasteiger partial charge in [-0.1, -0.05) is 16.7 Å². The van der Waals surface area contributed by atoms with E-state index in [0.717, 1.165) is 18.5 Å². The van der Waals surface area contributed by atoms with Crippen LogP contribution in [0.4, 0.5) is 24.9 Å². The van der Waals surface area contributed by atoms with Crippen molar-refractivity contribution in [3.05, 3.63) is 59.4 Å². The molecule has 0 saturated heterocycles. The van der Waals surface area contributed by atoms with Crippen molar-refractivity contribution in [2.45, 2.75) is 16.0 Å². The van der Waals surface area contributed by atoms with E-state index in [9.17, 15) is 17.7 Å². The van der Waals surface area contributed by atoms with Crippen LogP contribution in [0.2, 0.25) is 5.02 Å². The zero-order valence-electron chi connectivity index (χ0n) is 12.2. The molecule has 0 fully saturated rings. The van der Waals surface area contributed by atoms with Gasteiger partial charge in [0.1, 0.15) is 0 Å². The van der Waals surface area contributed by atoms with Gasteiger partial charge in [0, 0.05) is 22.9 Å². The van der Waals surface area contributed by atoms with Gasteiger partial charge in [-0.15, -0.1) is 5.10 Å². The molecular weight excluding hydrogens is 379 g/mol. The van der Waals surface area contributed by atoms with Crippen LogP contribution in [-0.4, -0.2) is 14.8 Å². The Kier molecular flexibility index (Phi) is 4.89. The van der Waals surface area contributed by atoms with Crippen LogP contribution in [0.5, 0.6) is 0 Å². The van der Waals surface area contributed by atoms with E-state index in [-0.39, 0.29) is 10.9 Å². The Labute approximate surface area is 148 Å². The third-order valence-corrected chi connectivity index (χ3v) is 4.85. The van der Waals surface area contributed by atoms with Gasteiger partial charge in [0.05, 0.1) is 10.6 Å². The maximum Gasteiger partial charge on any atom is 0.418 e. The van der Waals surface area contributed by atoms with Crippen molar-refractivity contribution in [2.24, 2.45) is 0 Å². The van der Waals surface area contributed by atoms with E-state index in [1.165, 1.54) is 18.2 Å². The van der Waals surface area contributed by atoms with E-state index in [4.69, 9.17) is 16.0 Å². The molecular formula is C15H9ClF3N3O2S. The SMILES string of the molecule is [O-][S+](c1ccc(Nc2nnco2)cc1)c1ccc(Cl)c(C(F)(F)F)c1. The zero-order chi connectivity index (χ0) is 18.0. The molecule has 10 heteroatoms. The molecule has 1 unspecified atom stereocenters. The summed E-state index contributed by atoms with van der Waals surface area (Å²) in [7, 11) is 0. The van der Waals surface area contributed by atoms with E-state index in [2.05, 4.69) is 15.5 Å². The van der Waals surface area contributed by atoms with Crippen LogP contribution in [0, 0.1) is 0 Å².